The van der Waals surface area contributed by atoms with Crippen LogP contribution in [0.15, 0.2) is 34.3 Å². The van der Waals surface area contributed by atoms with Crippen LogP contribution in [0.4, 0.5) is 0 Å². The first kappa shape index (κ1) is 58.3. The third kappa shape index (κ3) is 21.9. The van der Waals surface area contributed by atoms with E-state index in [1.54, 1.807) is 20.8 Å². The average Bonchev–Trinajstić information content (AvgIpc) is 3.22. The number of carbonyl (C=O) groups is 8. The van der Waals surface area contributed by atoms with Crippen LogP contribution >= 0.6 is 0 Å². The molecule has 0 spiro atoms. The van der Waals surface area contributed by atoms with Crippen molar-refractivity contribution in [2.45, 2.75) is 135 Å². The van der Waals surface area contributed by atoms with Crippen molar-refractivity contribution in [1.82, 2.24) is 31.5 Å². The van der Waals surface area contributed by atoms with Gasteiger partial charge in [-0.1, -0.05) is 46.8 Å². The van der Waals surface area contributed by atoms with Crippen LogP contribution < -0.4 is 61.0 Å². The zero-order chi connectivity index (χ0) is 51.1. The molecule has 24 heteroatoms. The molecule has 376 valence electrons. The minimum absolute atomic E-state index is 0.00545. The maximum absolute atomic E-state index is 14.1. The van der Waals surface area contributed by atoms with Crippen molar-refractivity contribution in [3.8, 4) is 5.75 Å². The number of aromatic hydroxyl groups is 1. The average molecular weight is 947 g/mol. The Morgan fingerprint density at radius 1 is 0.627 bits per heavy atom. The van der Waals surface area contributed by atoms with Gasteiger partial charge in [-0.25, -0.2) is 0 Å². The zero-order valence-corrected chi connectivity index (χ0v) is 39.6. The number of phenolic OH excluding ortho intramolecular Hbond substituents is 1. The number of hydrogen-bond acceptors (Lipinski definition) is 12. The van der Waals surface area contributed by atoms with E-state index >= 15 is 0 Å². The number of hydrogen-bond donors (Lipinski definition) is 13. The number of likely N-dealkylation sites (N-methyl/N-ethyl adjacent to an activating group) is 1. The topological polar surface area (TPSA) is 421 Å². The Morgan fingerprint density at radius 3 is 1.48 bits per heavy atom. The summed E-state index contributed by atoms with van der Waals surface area (Å²) in [4.78, 5) is 116. The van der Waals surface area contributed by atoms with Crippen molar-refractivity contribution in [3.63, 3.8) is 0 Å². The first-order chi connectivity index (χ1) is 31.2. The summed E-state index contributed by atoms with van der Waals surface area (Å²) in [5, 5.41) is 33.1. The molecule has 0 radical (unpaired) electrons. The van der Waals surface area contributed by atoms with Crippen molar-refractivity contribution in [3.05, 3.63) is 29.8 Å². The molecule has 0 saturated heterocycles. The molecule has 0 aliphatic carbocycles. The molecule has 24 nitrogen and oxygen atoms in total. The van der Waals surface area contributed by atoms with Gasteiger partial charge in [0.15, 0.2) is 11.9 Å². The highest BCUT2D eigenvalue weighted by atomic mass is 16.3. The highest BCUT2D eigenvalue weighted by molar-refractivity contribution is 5.97. The van der Waals surface area contributed by atoms with Gasteiger partial charge >= 0.3 is 0 Å². The molecule has 0 unspecified atom stereocenters. The van der Waals surface area contributed by atoms with Gasteiger partial charge in [0.2, 0.25) is 47.3 Å². The van der Waals surface area contributed by atoms with Gasteiger partial charge in [-0.05, 0) is 75.0 Å². The van der Waals surface area contributed by atoms with E-state index in [0.29, 0.717) is 12.0 Å². The predicted octanol–water partition coefficient (Wildman–Crippen LogP) is -3.24. The van der Waals surface area contributed by atoms with Crippen LogP contribution in [0.1, 0.15) is 92.1 Å². The molecule has 0 aromatic heterocycles. The molecule has 1 aromatic carbocycles. The summed E-state index contributed by atoms with van der Waals surface area (Å²) < 4.78 is 0. The number of nitrogens with one attached hydrogen (secondary N) is 5. The van der Waals surface area contributed by atoms with E-state index in [9.17, 15) is 48.6 Å². The summed E-state index contributed by atoms with van der Waals surface area (Å²) in [5.74, 6) is -7.65. The largest absolute Gasteiger partial charge is 0.508 e. The molecule has 0 heterocycles. The van der Waals surface area contributed by atoms with E-state index in [1.165, 1.54) is 43.1 Å². The van der Waals surface area contributed by atoms with Gasteiger partial charge in [-0.15, -0.1) is 0 Å². The summed E-state index contributed by atoms with van der Waals surface area (Å²) in [5.41, 5.74) is 33.4. The molecular formula is C43H74N14O10. The van der Waals surface area contributed by atoms with Gasteiger partial charge in [0.05, 0.1) is 6.10 Å². The predicted molar refractivity (Wildman–Crippen MR) is 251 cm³/mol. The highest BCUT2D eigenvalue weighted by Gasteiger charge is 2.37. The number of carbonyl (C=O) groups excluding carboxylic acids is 8. The molecule has 8 atom stereocenters. The first-order valence-electron chi connectivity index (χ1n) is 22.2. The molecule has 0 aliphatic heterocycles. The Labute approximate surface area is 391 Å². The lowest BCUT2D eigenvalue weighted by Crippen LogP contribution is -2.62. The maximum Gasteiger partial charge on any atom is 0.245 e. The molecule has 1 aromatic rings. The summed E-state index contributed by atoms with van der Waals surface area (Å²) in [6, 6.07) is -2.54. The molecular weight excluding hydrogens is 873 g/mol. The number of aliphatic hydroxyl groups excluding tert-OH is 1. The van der Waals surface area contributed by atoms with E-state index in [2.05, 4.69) is 36.6 Å². The maximum atomic E-state index is 14.1. The molecule has 0 fully saturated rings. The van der Waals surface area contributed by atoms with Crippen molar-refractivity contribution in [2.24, 2.45) is 62.1 Å². The number of nitrogens with two attached hydrogens (primary N) is 6. The number of guanidine groups is 2. The Bertz CT molecular complexity index is 1880. The number of phenols is 1. The van der Waals surface area contributed by atoms with Gasteiger partial charge in [0.1, 0.15) is 42.0 Å². The molecule has 67 heavy (non-hydrogen) atoms. The van der Waals surface area contributed by atoms with Gasteiger partial charge in [0, 0.05) is 38.9 Å². The summed E-state index contributed by atoms with van der Waals surface area (Å²) >= 11 is 0. The van der Waals surface area contributed by atoms with Crippen LogP contribution in [0, 0.1) is 17.8 Å². The second-order valence-electron chi connectivity index (χ2n) is 17.3. The van der Waals surface area contributed by atoms with Crippen LogP contribution in [0.25, 0.3) is 0 Å². The molecule has 1 rings (SSSR count). The summed E-state index contributed by atoms with van der Waals surface area (Å²) in [6.07, 6.45) is -1.81. The van der Waals surface area contributed by atoms with Crippen LogP contribution in [-0.4, -0.2) is 137 Å². The highest BCUT2D eigenvalue weighted by Crippen LogP contribution is 2.19. The second kappa shape index (κ2) is 29.0. The zero-order valence-electron chi connectivity index (χ0n) is 39.6. The lowest BCUT2D eigenvalue weighted by atomic mass is 9.95. The smallest absolute Gasteiger partial charge is 0.245 e. The number of amides is 8. The number of nitrogens with zero attached hydrogens (tertiary/aromatic N) is 3. The minimum Gasteiger partial charge on any atom is -0.508 e. The quantitative estimate of drug-likeness (QED) is 0.0205. The number of primary amides is 2. The molecule has 19 N–H and O–H groups in total. The summed E-state index contributed by atoms with van der Waals surface area (Å²) in [7, 11) is 1.49. The van der Waals surface area contributed by atoms with Crippen molar-refractivity contribution in [1.29, 1.82) is 0 Å². The normalized spacial score (nSPS) is 14.7. The van der Waals surface area contributed by atoms with E-state index in [1.807, 2.05) is 13.8 Å². The molecule has 0 saturated carbocycles. The lowest BCUT2D eigenvalue weighted by molar-refractivity contribution is -0.145. The standard InChI is InChI=1S/C43H74N14O10/c1-22(2)20-24(5)41(67)57(7)34(23(3)4)40(66)56-33(25(6)58)39(65)54-29(11-9-19-51-43(48)49)36(62)53-30(16-17-32(44)60)38(64)52-28(10-8-18-50-42(46)47)37(63)55-31(35(45)61)21-26-12-14-27(59)15-13-26/h12-15,22-25,28-31,33-34,58-59H,8-11,16-21H2,1-7H3,(H2,44,60)(H2,45,61)(H,52,64)(H,53,62)(H,54,65)(H,55,63)(H,56,66)(H4,46,47,50)(H4,48,49,51)/t24-,25+,28-,29-,30-,31-,33-,34-/m0/s1. The number of benzene rings is 1. The monoisotopic (exact) mass is 947 g/mol. The Morgan fingerprint density at radius 2 is 1.07 bits per heavy atom. The van der Waals surface area contributed by atoms with Crippen molar-refractivity contribution < 1.29 is 48.6 Å². The van der Waals surface area contributed by atoms with E-state index in [0.717, 1.165) is 0 Å². The number of aliphatic imine (C=N–C) groups is 2. The first-order valence-corrected chi connectivity index (χ1v) is 22.2. The van der Waals surface area contributed by atoms with Crippen LogP contribution in [-0.2, 0) is 44.8 Å². The molecule has 8 amide bonds. The minimum atomic E-state index is -1.64. The number of aliphatic hydroxyl groups is 1. The van der Waals surface area contributed by atoms with E-state index in [-0.39, 0.29) is 81.1 Å². The van der Waals surface area contributed by atoms with Crippen molar-refractivity contribution in [2.75, 3.05) is 20.1 Å². The van der Waals surface area contributed by atoms with Gasteiger partial charge < -0.3 is 76.1 Å². The fourth-order valence-corrected chi connectivity index (χ4v) is 7.13. The van der Waals surface area contributed by atoms with Gasteiger partial charge in [0.25, 0.3) is 0 Å². The van der Waals surface area contributed by atoms with Crippen LogP contribution in [0.2, 0.25) is 0 Å². The molecule has 0 bridgehead atoms. The third-order valence-corrected chi connectivity index (χ3v) is 10.5. The fraction of sp³-hybridized carbons (Fsp3) is 0.628. The second-order valence-corrected chi connectivity index (χ2v) is 17.3. The van der Waals surface area contributed by atoms with E-state index in [4.69, 9.17) is 34.4 Å². The fourth-order valence-electron chi connectivity index (χ4n) is 7.13. The van der Waals surface area contributed by atoms with Crippen LogP contribution in [0.5, 0.6) is 5.75 Å². The third-order valence-electron chi connectivity index (χ3n) is 10.5. The Hall–Kier alpha value is -6.72. The van der Waals surface area contributed by atoms with Gasteiger partial charge in [-0.3, -0.25) is 48.3 Å². The van der Waals surface area contributed by atoms with Crippen LogP contribution in [0.3, 0.4) is 0 Å². The van der Waals surface area contributed by atoms with Gasteiger partial charge in [-0.2, -0.15) is 0 Å². The molecule has 0 aliphatic rings. The summed E-state index contributed by atoms with van der Waals surface area (Å²) in [6.45, 7) is 10.4. The number of rotatable bonds is 30. The lowest BCUT2D eigenvalue weighted by Gasteiger charge is -2.34. The SMILES string of the molecule is CC(C)C[C@H](C)C(=O)N(C)[C@H](C(=O)N[C@H](C(=O)N[C@@H](CCCN=C(N)N)C(=O)N[C@@H](CCC(N)=O)C(=O)N[C@@H](CCCN=C(N)N)C(=O)N[C@@H](Cc1ccc(O)cc1)C(N)=O)[C@@H](C)O)C(C)C. The Balaban J connectivity index is 3.52. The van der Waals surface area contributed by atoms with E-state index < -0.39 is 102 Å². The Kier molecular flexibility index (Phi) is 25.3. The van der Waals surface area contributed by atoms with Crippen molar-refractivity contribution >= 4 is 59.2 Å².